The van der Waals surface area contributed by atoms with E-state index in [-0.39, 0.29) is 0 Å². The van der Waals surface area contributed by atoms with E-state index in [2.05, 4.69) is 25.8 Å². The number of hydrogen-bond donors (Lipinski definition) is 0. The molecule has 0 saturated heterocycles. The molecule has 0 spiro atoms. The molecule has 0 saturated carbocycles. The van der Waals surface area contributed by atoms with Crippen LogP contribution < -0.4 is 0 Å². The molecule has 1 aromatic heterocycles. The standard InChI is InChI=1S/C8H11BrN2/c1-11(2)6-8-5-7(9)3-4-10-8/h3-5H,6H2,1-2H3. The van der Waals surface area contributed by atoms with Crippen LogP contribution in [0.1, 0.15) is 5.69 Å². The summed E-state index contributed by atoms with van der Waals surface area (Å²) in [5, 5.41) is 0. The van der Waals surface area contributed by atoms with Gasteiger partial charge in [0.1, 0.15) is 0 Å². The van der Waals surface area contributed by atoms with Gasteiger partial charge >= 0.3 is 0 Å². The van der Waals surface area contributed by atoms with Gasteiger partial charge in [0.15, 0.2) is 0 Å². The Labute approximate surface area is 75.4 Å². The molecule has 0 bridgehead atoms. The first-order valence-corrected chi connectivity index (χ1v) is 4.23. The molecule has 0 fully saturated rings. The van der Waals surface area contributed by atoms with Crippen molar-refractivity contribution in [1.82, 2.24) is 9.88 Å². The largest absolute Gasteiger partial charge is 0.304 e. The molecule has 0 aliphatic carbocycles. The van der Waals surface area contributed by atoms with Crippen molar-refractivity contribution in [3.63, 3.8) is 0 Å². The summed E-state index contributed by atoms with van der Waals surface area (Å²) >= 11 is 3.39. The first-order valence-electron chi connectivity index (χ1n) is 3.43. The molecule has 0 atom stereocenters. The van der Waals surface area contributed by atoms with Gasteiger partial charge in [-0.2, -0.15) is 0 Å². The van der Waals surface area contributed by atoms with E-state index in [0.717, 1.165) is 16.7 Å². The minimum atomic E-state index is 0.888. The Morgan fingerprint density at radius 2 is 2.27 bits per heavy atom. The molecule has 1 rings (SSSR count). The maximum atomic E-state index is 4.21. The molecule has 0 aliphatic heterocycles. The molecule has 0 aromatic carbocycles. The van der Waals surface area contributed by atoms with E-state index in [4.69, 9.17) is 0 Å². The van der Waals surface area contributed by atoms with Gasteiger partial charge in [-0.3, -0.25) is 4.98 Å². The quantitative estimate of drug-likeness (QED) is 0.749. The Morgan fingerprint density at radius 3 is 2.82 bits per heavy atom. The summed E-state index contributed by atoms with van der Waals surface area (Å²) in [5.74, 6) is 0. The lowest BCUT2D eigenvalue weighted by molar-refractivity contribution is 0.397. The Bertz CT molecular complexity index is 235. The lowest BCUT2D eigenvalue weighted by Crippen LogP contribution is -2.11. The second-order valence-corrected chi connectivity index (χ2v) is 3.62. The topological polar surface area (TPSA) is 16.1 Å². The van der Waals surface area contributed by atoms with Crippen molar-refractivity contribution in [3.05, 3.63) is 28.5 Å². The highest BCUT2D eigenvalue weighted by atomic mass is 79.9. The van der Waals surface area contributed by atoms with Crippen LogP contribution in [0.3, 0.4) is 0 Å². The van der Waals surface area contributed by atoms with E-state index in [1.807, 2.05) is 32.4 Å². The predicted octanol–water partition coefficient (Wildman–Crippen LogP) is 1.91. The Hall–Kier alpha value is -0.410. The molecule has 3 heteroatoms. The average molecular weight is 215 g/mol. The highest BCUT2D eigenvalue weighted by molar-refractivity contribution is 9.10. The molecule has 0 N–H and O–H groups in total. The minimum absolute atomic E-state index is 0.888. The second-order valence-electron chi connectivity index (χ2n) is 2.70. The Balaban J connectivity index is 2.71. The third-order valence-electron chi connectivity index (χ3n) is 1.26. The summed E-state index contributed by atoms with van der Waals surface area (Å²) < 4.78 is 1.09. The predicted molar refractivity (Wildman–Crippen MR) is 49.3 cm³/mol. The Morgan fingerprint density at radius 1 is 1.55 bits per heavy atom. The SMILES string of the molecule is CN(C)Cc1cc(Br)ccn1. The van der Waals surface area contributed by atoms with Gasteiger partial charge in [-0.15, -0.1) is 0 Å². The van der Waals surface area contributed by atoms with Crippen molar-refractivity contribution in [2.45, 2.75) is 6.54 Å². The number of nitrogens with zero attached hydrogens (tertiary/aromatic N) is 2. The highest BCUT2D eigenvalue weighted by Gasteiger charge is 1.95. The van der Waals surface area contributed by atoms with Crippen LogP contribution in [0.4, 0.5) is 0 Å². The lowest BCUT2D eigenvalue weighted by Gasteiger charge is -2.07. The fraction of sp³-hybridized carbons (Fsp3) is 0.375. The molecule has 1 heterocycles. The van der Waals surface area contributed by atoms with Crippen LogP contribution in [0.15, 0.2) is 22.8 Å². The number of halogens is 1. The van der Waals surface area contributed by atoms with E-state index in [1.54, 1.807) is 0 Å². The third kappa shape index (κ3) is 2.99. The Kier molecular flexibility index (Phi) is 3.02. The molecule has 2 nitrogen and oxygen atoms in total. The fourth-order valence-corrected chi connectivity index (χ4v) is 1.24. The van der Waals surface area contributed by atoms with Crippen molar-refractivity contribution in [2.75, 3.05) is 14.1 Å². The van der Waals surface area contributed by atoms with Crippen LogP contribution in [0.25, 0.3) is 0 Å². The normalized spacial score (nSPS) is 10.5. The zero-order valence-corrected chi connectivity index (χ0v) is 8.30. The van der Waals surface area contributed by atoms with E-state index in [1.165, 1.54) is 0 Å². The zero-order valence-electron chi connectivity index (χ0n) is 6.71. The fourth-order valence-electron chi connectivity index (χ4n) is 0.859. The van der Waals surface area contributed by atoms with Crippen molar-refractivity contribution in [1.29, 1.82) is 0 Å². The smallest absolute Gasteiger partial charge is 0.0554 e. The van der Waals surface area contributed by atoms with Gasteiger partial charge in [0.05, 0.1) is 5.69 Å². The summed E-state index contributed by atoms with van der Waals surface area (Å²) in [6, 6.07) is 3.96. The third-order valence-corrected chi connectivity index (χ3v) is 1.75. The van der Waals surface area contributed by atoms with E-state index >= 15 is 0 Å². The summed E-state index contributed by atoms with van der Waals surface area (Å²) in [5.41, 5.74) is 1.09. The summed E-state index contributed by atoms with van der Waals surface area (Å²) in [4.78, 5) is 6.30. The molecular formula is C8H11BrN2. The van der Waals surface area contributed by atoms with Gasteiger partial charge in [0.25, 0.3) is 0 Å². The molecule has 0 unspecified atom stereocenters. The van der Waals surface area contributed by atoms with Gasteiger partial charge in [-0.1, -0.05) is 15.9 Å². The van der Waals surface area contributed by atoms with Gasteiger partial charge in [-0.25, -0.2) is 0 Å². The van der Waals surface area contributed by atoms with Crippen LogP contribution in [0, 0.1) is 0 Å². The summed E-state index contributed by atoms with van der Waals surface area (Å²) in [6.45, 7) is 0.888. The number of rotatable bonds is 2. The first-order chi connectivity index (χ1) is 5.18. The van der Waals surface area contributed by atoms with Crippen molar-refractivity contribution in [2.24, 2.45) is 0 Å². The number of aromatic nitrogens is 1. The van der Waals surface area contributed by atoms with Crippen LogP contribution in [-0.2, 0) is 6.54 Å². The van der Waals surface area contributed by atoms with Crippen LogP contribution in [0.2, 0.25) is 0 Å². The van der Waals surface area contributed by atoms with Gasteiger partial charge in [0.2, 0.25) is 0 Å². The molecule has 0 aliphatic rings. The second kappa shape index (κ2) is 3.83. The minimum Gasteiger partial charge on any atom is -0.304 e. The first kappa shape index (κ1) is 8.68. The van der Waals surface area contributed by atoms with Crippen molar-refractivity contribution in [3.8, 4) is 0 Å². The maximum absolute atomic E-state index is 4.21. The summed E-state index contributed by atoms with van der Waals surface area (Å²) in [7, 11) is 4.06. The van der Waals surface area contributed by atoms with E-state index in [0.29, 0.717) is 0 Å². The van der Waals surface area contributed by atoms with Crippen LogP contribution in [-0.4, -0.2) is 24.0 Å². The molecule has 60 valence electrons. The van der Waals surface area contributed by atoms with Crippen LogP contribution in [0.5, 0.6) is 0 Å². The molecular weight excluding hydrogens is 204 g/mol. The van der Waals surface area contributed by atoms with E-state index < -0.39 is 0 Å². The van der Waals surface area contributed by atoms with Gasteiger partial charge in [0, 0.05) is 17.2 Å². The summed E-state index contributed by atoms with van der Waals surface area (Å²) in [6.07, 6.45) is 1.81. The van der Waals surface area contributed by atoms with Gasteiger partial charge < -0.3 is 4.90 Å². The molecule has 0 amide bonds. The monoisotopic (exact) mass is 214 g/mol. The molecule has 0 radical (unpaired) electrons. The molecule has 1 aromatic rings. The highest BCUT2D eigenvalue weighted by Crippen LogP contribution is 2.09. The van der Waals surface area contributed by atoms with Gasteiger partial charge in [-0.05, 0) is 26.2 Å². The van der Waals surface area contributed by atoms with Crippen molar-refractivity contribution < 1.29 is 0 Å². The number of pyridine rings is 1. The maximum Gasteiger partial charge on any atom is 0.0554 e. The van der Waals surface area contributed by atoms with E-state index in [9.17, 15) is 0 Å². The average Bonchev–Trinajstić information content (AvgIpc) is 1.85. The number of hydrogen-bond acceptors (Lipinski definition) is 2. The molecule has 11 heavy (non-hydrogen) atoms. The zero-order chi connectivity index (χ0) is 8.27. The van der Waals surface area contributed by atoms with Crippen molar-refractivity contribution >= 4 is 15.9 Å². The van der Waals surface area contributed by atoms with Crippen LogP contribution >= 0.6 is 15.9 Å². The lowest BCUT2D eigenvalue weighted by atomic mass is 10.3.